The molecule has 0 bridgehead atoms. The fraction of sp³-hybridized carbons (Fsp3) is 0.643. The molecule has 8 nitrogen and oxygen atoms in total. The minimum absolute atomic E-state index is 0.0628. The quantitative estimate of drug-likeness (QED) is 0.295. The van der Waals surface area contributed by atoms with Crippen LogP contribution >= 0.6 is 46.6 Å². The molecule has 2 rings (SSSR count). The summed E-state index contributed by atoms with van der Waals surface area (Å²) in [6, 6.07) is -0.342. The van der Waals surface area contributed by atoms with Crippen LogP contribution < -0.4 is 5.32 Å². The maximum absolute atomic E-state index is 12.1. The van der Waals surface area contributed by atoms with Gasteiger partial charge in [-0.25, -0.2) is 9.59 Å². The number of carbonyl (C=O) groups is 3. The Morgan fingerprint density at radius 2 is 2.15 bits per heavy atom. The number of aliphatic hydroxyl groups is 1. The first-order valence-corrected chi connectivity index (χ1v) is 9.87. The minimum atomic E-state index is -1.83. The fourth-order valence-electron chi connectivity index (χ4n) is 2.89. The van der Waals surface area contributed by atoms with Crippen LogP contribution in [-0.2, 0) is 14.3 Å². The van der Waals surface area contributed by atoms with E-state index in [1.165, 1.54) is 23.6 Å². The summed E-state index contributed by atoms with van der Waals surface area (Å²) in [6.07, 6.45) is -1.34. The summed E-state index contributed by atoms with van der Waals surface area (Å²) in [5, 5.41) is 21.5. The van der Waals surface area contributed by atoms with Crippen LogP contribution in [-0.4, -0.2) is 67.9 Å². The van der Waals surface area contributed by atoms with Crippen molar-refractivity contribution >= 4 is 64.5 Å². The van der Waals surface area contributed by atoms with Gasteiger partial charge in [0.05, 0.1) is 23.9 Å². The molecule has 0 unspecified atom stereocenters. The van der Waals surface area contributed by atoms with E-state index in [0.717, 1.165) is 0 Å². The van der Waals surface area contributed by atoms with Gasteiger partial charge in [0.1, 0.15) is 5.70 Å². The van der Waals surface area contributed by atoms with Gasteiger partial charge >= 0.3 is 12.1 Å². The smallest absolute Gasteiger partial charge is 0.409 e. The number of hydrogen-bond donors (Lipinski definition) is 3. The number of thioether (sulfide) groups is 1. The van der Waals surface area contributed by atoms with Crippen molar-refractivity contribution in [2.75, 3.05) is 18.2 Å². The molecule has 0 saturated carbocycles. The molecule has 0 aromatic heterocycles. The van der Waals surface area contributed by atoms with E-state index in [1.807, 2.05) is 0 Å². The number of carboxylic acids is 1. The van der Waals surface area contributed by atoms with E-state index in [4.69, 9.17) is 34.8 Å². The minimum Gasteiger partial charge on any atom is -0.477 e. The first kappa shape index (κ1) is 21.4. The maximum Gasteiger partial charge on any atom is 0.409 e. The van der Waals surface area contributed by atoms with Crippen molar-refractivity contribution in [3.63, 3.8) is 0 Å². The number of aliphatic carboxylic acids is 1. The number of fused-ring (bicyclic) bond motifs is 1. The van der Waals surface area contributed by atoms with Crippen LogP contribution in [0.15, 0.2) is 10.6 Å². The van der Waals surface area contributed by atoms with E-state index < -0.39 is 28.6 Å². The number of hydrogen-bond acceptors (Lipinski definition) is 6. The van der Waals surface area contributed by atoms with E-state index in [9.17, 15) is 24.6 Å². The highest BCUT2D eigenvalue weighted by Crippen LogP contribution is 2.46. The predicted octanol–water partition coefficient (Wildman–Crippen LogP) is 1.72. The number of alkyl carbamates (subject to hydrolysis) is 1. The summed E-state index contributed by atoms with van der Waals surface area (Å²) in [5.74, 6) is -2.14. The molecule has 3 atom stereocenters. The highest BCUT2D eigenvalue weighted by molar-refractivity contribution is 8.03. The van der Waals surface area contributed by atoms with Crippen LogP contribution in [0, 0.1) is 5.92 Å². The Hall–Kier alpha value is -0.870. The maximum atomic E-state index is 12.1. The number of nitrogens with zero attached hydrogens (tertiary/aromatic N) is 1. The van der Waals surface area contributed by atoms with Gasteiger partial charge in [0, 0.05) is 23.6 Å². The molecular formula is C14H17Cl3N2O6S. The van der Waals surface area contributed by atoms with Gasteiger partial charge < -0.3 is 25.2 Å². The van der Waals surface area contributed by atoms with Gasteiger partial charge in [-0.1, -0.05) is 23.2 Å². The van der Waals surface area contributed by atoms with Crippen LogP contribution in [0.5, 0.6) is 0 Å². The average Bonchev–Trinajstić information content (AvgIpc) is 2.85. The lowest BCUT2D eigenvalue weighted by Gasteiger charge is -2.44. The van der Waals surface area contributed by atoms with Crippen LogP contribution in [0.4, 0.5) is 4.79 Å². The summed E-state index contributed by atoms with van der Waals surface area (Å²) >= 11 is 17.8. The monoisotopic (exact) mass is 446 g/mol. The van der Waals surface area contributed by atoms with Crippen molar-refractivity contribution in [1.29, 1.82) is 0 Å². The molecule has 2 aliphatic heterocycles. The van der Waals surface area contributed by atoms with Gasteiger partial charge in [0.15, 0.2) is 0 Å². The SMILES string of the molecule is C[C@@H](O)[C@H]1C(=O)N2C(C(=O)O)=C(SCCNC(=O)OC(Cl)(Cl)CCl)C[C@H]12. The predicted molar refractivity (Wildman–Crippen MR) is 97.2 cm³/mol. The molecule has 2 aliphatic rings. The number of nitrogens with one attached hydrogen (secondary N) is 1. The van der Waals surface area contributed by atoms with E-state index in [0.29, 0.717) is 17.1 Å². The highest BCUT2D eigenvalue weighted by atomic mass is 35.5. The second-order valence-corrected chi connectivity index (χ2v) is 8.63. The van der Waals surface area contributed by atoms with Crippen molar-refractivity contribution in [2.24, 2.45) is 5.92 Å². The molecular weight excluding hydrogens is 431 g/mol. The van der Waals surface area contributed by atoms with Gasteiger partial charge in [0.25, 0.3) is 4.52 Å². The van der Waals surface area contributed by atoms with Crippen molar-refractivity contribution in [2.45, 2.75) is 30.0 Å². The largest absolute Gasteiger partial charge is 0.477 e. The zero-order valence-electron chi connectivity index (χ0n) is 13.6. The molecule has 1 saturated heterocycles. The van der Waals surface area contributed by atoms with E-state index in [1.54, 1.807) is 0 Å². The second kappa shape index (κ2) is 8.43. The van der Waals surface area contributed by atoms with Gasteiger partial charge in [-0.3, -0.25) is 4.79 Å². The number of halogens is 3. The Labute approximate surface area is 168 Å². The number of carboxylic acid groups (broad SMARTS) is 1. The van der Waals surface area contributed by atoms with E-state index in [2.05, 4.69) is 10.1 Å². The highest BCUT2D eigenvalue weighted by Gasteiger charge is 2.56. The van der Waals surface area contributed by atoms with Gasteiger partial charge in [0.2, 0.25) is 5.91 Å². The van der Waals surface area contributed by atoms with Crippen LogP contribution in [0.2, 0.25) is 0 Å². The fourth-order valence-corrected chi connectivity index (χ4v) is 4.14. The number of rotatable bonds is 8. The van der Waals surface area contributed by atoms with E-state index in [-0.39, 0.29) is 30.1 Å². The Morgan fingerprint density at radius 1 is 1.50 bits per heavy atom. The molecule has 3 N–H and O–H groups in total. The second-order valence-electron chi connectivity index (χ2n) is 5.76. The third-order valence-electron chi connectivity index (χ3n) is 3.94. The van der Waals surface area contributed by atoms with Crippen molar-refractivity contribution in [1.82, 2.24) is 10.2 Å². The van der Waals surface area contributed by atoms with Crippen LogP contribution in [0.3, 0.4) is 0 Å². The molecule has 2 heterocycles. The van der Waals surface area contributed by atoms with Gasteiger partial charge in [-0.15, -0.1) is 23.4 Å². The number of carbonyl (C=O) groups excluding carboxylic acids is 2. The zero-order chi connectivity index (χ0) is 19.6. The summed E-state index contributed by atoms with van der Waals surface area (Å²) in [5.41, 5.74) is -0.0628. The van der Waals surface area contributed by atoms with Crippen molar-refractivity contribution in [3.05, 3.63) is 10.6 Å². The first-order valence-electron chi connectivity index (χ1n) is 7.60. The average molecular weight is 448 g/mol. The molecule has 2 amide bonds. The van der Waals surface area contributed by atoms with Crippen LogP contribution in [0.25, 0.3) is 0 Å². The lowest BCUT2D eigenvalue weighted by molar-refractivity contribution is -0.161. The number of ether oxygens (including phenoxy) is 1. The normalized spacial score (nSPS) is 23.4. The summed E-state index contributed by atoms with van der Waals surface area (Å²) < 4.78 is 2.84. The van der Waals surface area contributed by atoms with Crippen molar-refractivity contribution in [3.8, 4) is 0 Å². The summed E-state index contributed by atoms with van der Waals surface area (Å²) in [7, 11) is 0. The molecule has 0 spiro atoms. The van der Waals surface area contributed by atoms with Crippen LogP contribution in [0.1, 0.15) is 13.3 Å². The van der Waals surface area contributed by atoms with E-state index >= 15 is 0 Å². The Kier molecular flexibility index (Phi) is 6.95. The first-order chi connectivity index (χ1) is 12.1. The number of β-lactam (4-membered cyclic amide) rings is 1. The lowest BCUT2D eigenvalue weighted by Crippen LogP contribution is -2.61. The Balaban J connectivity index is 1.88. The number of aliphatic hydroxyl groups excluding tert-OH is 1. The molecule has 1 fully saturated rings. The third-order valence-corrected chi connectivity index (χ3v) is 6.12. The van der Waals surface area contributed by atoms with Gasteiger partial charge in [-0.2, -0.15) is 0 Å². The molecule has 12 heteroatoms. The number of amides is 2. The van der Waals surface area contributed by atoms with Gasteiger partial charge in [-0.05, 0) is 6.92 Å². The summed E-state index contributed by atoms with van der Waals surface area (Å²) in [4.78, 5) is 36.8. The molecule has 0 radical (unpaired) electrons. The number of alkyl halides is 3. The molecule has 0 aliphatic carbocycles. The molecule has 0 aromatic rings. The zero-order valence-corrected chi connectivity index (χ0v) is 16.7. The third kappa shape index (κ3) is 4.51. The lowest BCUT2D eigenvalue weighted by atomic mass is 9.83. The Morgan fingerprint density at radius 3 is 2.69 bits per heavy atom. The molecule has 146 valence electrons. The standard InChI is InChI=1S/C14H17Cl3N2O6S/c1-6(20)9-7-4-8(10(12(22)23)19(7)11(9)21)26-3-2-18-13(24)25-14(16,17)5-15/h6-7,9,20H,2-5H2,1H3,(H,18,24)(H,22,23)/t6-,7-,9-/m1/s1. The Bertz CT molecular complexity index is 642. The summed E-state index contributed by atoms with van der Waals surface area (Å²) in [6.45, 7) is 1.67. The molecule has 0 aromatic carbocycles. The molecule has 26 heavy (non-hydrogen) atoms. The van der Waals surface area contributed by atoms with Crippen molar-refractivity contribution < 1.29 is 29.3 Å². The topological polar surface area (TPSA) is 116 Å².